The summed E-state index contributed by atoms with van der Waals surface area (Å²) in [7, 11) is 2.85. The van der Waals surface area contributed by atoms with Crippen molar-refractivity contribution in [2.45, 2.75) is 32.7 Å². The number of pyridine rings is 1. The van der Waals surface area contributed by atoms with E-state index in [1.165, 1.54) is 12.0 Å². The van der Waals surface area contributed by atoms with Crippen LogP contribution in [0.4, 0.5) is 21.4 Å². The van der Waals surface area contributed by atoms with E-state index < -0.39 is 12.2 Å². The van der Waals surface area contributed by atoms with Crippen LogP contribution in [0.15, 0.2) is 22.9 Å². The van der Waals surface area contributed by atoms with E-state index in [4.69, 9.17) is 4.74 Å². The number of amides is 2. The molecule has 3 aromatic rings. The maximum atomic E-state index is 11.8. The normalized spacial score (nSPS) is 13.3. The molecule has 3 aromatic heterocycles. The lowest BCUT2D eigenvalue weighted by Crippen LogP contribution is -2.33. The van der Waals surface area contributed by atoms with Crippen LogP contribution < -0.4 is 15.4 Å². The summed E-state index contributed by atoms with van der Waals surface area (Å²) in [6.45, 7) is 3.80. The monoisotopic (exact) mass is 588 g/mol. The minimum Gasteiger partial charge on any atom is -0.495 e. The fourth-order valence-electron chi connectivity index (χ4n) is 4.06. The molecule has 38 heavy (non-hydrogen) atoms. The summed E-state index contributed by atoms with van der Waals surface area (Å²) < 4.78 is 12.5. The van der Waals surface area contributed by atoms with Crippen molar-refractivity contribution in [3.63, 3.8) is 0 Å². The van der Waals surface area contributed by atoms with E-state index in [-0.39, 0.29) is 12.5 Å². The molecule has 4 heterocycles. The first-order valence-electron chi connectivity index (χ1n) is 12.1. The van der Waals surface area contributed by atoms with Gasteiger partial charge in [-0.15, -0.1) is 0 Å². The lowest BCUT2D eigenvalue weighted by molar-refractivity contribution is 0.150. The van der Waals surface area contributed by atoms with Gasteiger partial charge in [-0.25, -0.2) is 14.6 Å². The number of nitrogens with one attached hydrogen (secondary N) is 2. The third-order valence-corrected chi connectivity index (χ3v) is 6.60. The lowest BCUT2D eigenvalue weighted by atomic mass is 10.0. The van der Waals surface area contributed by atoms with Gasteiger partial charge in [0.25, 0.3) is 0 Å². The van der Waals surface area contributed by atoms with Crippen LogP contribution >= 0.6 is 15.9 Å². The van der Waals surface area contributed by atoms with E-state index in [1.807, 2.05) is 12.1 Å². The number of fused-ring (bicyclic) bond motifs is 1. The number of halogens is 1. The zero-order valence-corrected chi connectivity index (χ0v) is 22.9. The molecule has 0 saturated heterocycles. The first kappa shape index (κ1) is 27.1. The molecule has 0 spiro atoms. The molecule has 0 aliphatic carbocycles. The first-order chi connectivity index (χ1) is 18.3. The highest BCUT2D eigenvalue weighted by Crippen LogP contribution is 2.31. The Labute approximate surface area is 227 Å². The molecule has 0 atom stereocenters. The average Bonchev–Trinajstić information content (AvgIpc) is 3.23. The van der Waals surface area contributed by atoms with Crippen molar-refractivity contribution in [2.24, 2.45) is 0 Å². The van der Waals surface area contributed by atoms with Gasteiger partial charge in [-0.3, -0.25) is 15.0 Å². The Morgan fingerprint density at radius 2 is 2.08 bits per heavy atom. The summed E-state index contributed by atoms with van der Waals surface area (Å²) in [4.78, 5) is 37.9. The van der Waals surface area contributed by atoms with Crippen molar-refractivity contribution in [3.05, 3.63) is 34.2 Å². The number of hydrogen-bond acceptors (Lipinski definition) is 9. The molecule has 0 aromatic carbocycles. The molecule has 13 nitrogen and oxygen atoms in total. The van der Waals surface area contributed by atoms with Crippen molar-refractivity contribution in [1.29, 1.82) is 0 Å². The van der Waals surface area contributed by atoms with E-state index >= 15 is 0 Å². The summed E-state index contributed by atoms with van der Waals surface area (Å²) in [5, 5.41) is 19.6. The van der Waals surface area contributed by atoms with Crippen LogP contribution in [0.1, 0.15) is 37.4 Å². The number of anilines is 2. The van der Waals surface area contributed by atoms with Crippen LogP contribution in [0.25, 0.3) is 16.6 Å². The number of carboxylic acid groups (broad SMARTS) is 1. The molecule has 1 aliphatic heterocycles. The predicted octanol–water partition coefficient (Wildman–Crippen LogP) is 4.20. The van der Waals surface area contributed by atoms with E-state index in [2.05, 4.69) is 58.3 Å². The quantitative estimate of drug-likeness (QED) is 0.309. The van der Waals surface area contributed by atoms with Gasteiger partial charge in [0.2, 0.25) is 5.95 Å². The van der Waals surface area contributed by atoms with Gasteiger partial charge in [0.05, 0.1) is 20.8 Å². The lowest BCUT2D eigenvalue weighted by Gasteiger charge is -2.24. The fraction of sp³-hybridized carbons (Fsp3) is 0.417. The van der Waals surface area contributed by atoms with Crippen molar-refractivity contribution in [2.75, 3.05) is 44.5 Å². The number of hydrogen-bond donors (Lipinski definition) is 3. The fourth-order valence-corrected chi connectivity index (χ4v) is 4.52. The van der Waals surface area contributed by atoms with Crippen LogP contribution in [0.3, 0.4) is 0 Å². The Morgan fingerprint density at radius 1 is 1.26 bits per heavy atom. The van der Waals surface area contributed by atoms with Crippen molar-refractivity contribution < 1.29 is 24.2 Å². The second-order valence-electron chi connectivity index (χ2n) is 8.52. The van der Waals surface area contributed by atoms with E-state index in [1.54, 1.807) is 18.0 Å². The summed E-state index contributed by atoms with van der Waals surface area (Å²) in [6.07, 6.45) is 4.58. The summed E-state index contributed by atoms with van der Waals surface area (Å²) in [6, 6.07) is 1.90. The highest BCUT2D eigenvalue weighted by molar-refractivity contribution is 9.10. The van der Waals surface area contributed by atoms with Gasteiger partial charge >= 0.3 is 12.2 Å². The Kier molecular flexibility index (Phi) is 8.61. The predicted molar refractivity (Wildman–Crippen MR) is 145 cm³/mol. The highest BCUT2D eigenvalue weighted by Gasteiger charge is 2.21. The molecular weight excluding hydrogens is 560 g/mol. The highest BCUT2D eigenvalue weighted by atomic mass is 79.9. The van der Waals surface area contributed by atoms with E-state index in [9.17, 15) is 14.7 Å². The number of ether oxygens (including phenoxy) is 2. The SMILES string of the molecule is CCCCNc1nc(NC(=O)OC)nc2c(Br)nn(Cc3ncc(C4=CCN(C(=O)O)CC4)cc3OC)c12. The van der Waals surface area contributed by atoms with Gasteiger partial charge in [-0.2, -0.15) is 10.1 Å². The summed E-state index contributed by atoms with van der Waals surface area (Å²) >= 11 is 3.48. The largest absolute Gasteiger partial charge is 0.495 e. The minimum absolute atomic E-state index is 0.0888. The van der Waals surface area contributed by atoms with Gasteiger partial charge < -0.3 is 24.8 Å². The minimum atomic E-state index is -0.926. The topological polar surface area (TPSA) is 157 Å². The average molecular weight is 589 g/mol. The molecule has 3 N–H and O–H groups in total. The maximum Gasteiger partial charge on any atom is 0.413 e. The third-order valence-electron chi connectivity index (χ3n) is 6.07. The third kappa shape index (κ3) is 5.96. The van der Waals surface area contributed by atoms with Crippen molar-refractivity contribution >= 4 is 56.5 Å². The standard InChI is InChI=1S/C24H29BrN8O5/c1-4-5-8-26-21-19-18(28-22(29-21)30-23(34)38-3)20(25)31-33(19)13-16-17(37-2)11-15(12-27-16)14-6-9-32(10-7-14)24(35)36/h6,11-12H,4-5,7-10,13H2,1-3H3,(H,35,36)(H2,26,28,29,30,34). The van der Waals surface area contributed by atoms with E-state index in [0.29, 0.717) is 59.0 Å². The number of nitrogens with zero attached hydrogens (tertiary/aromatic N) is 6. The number of methoxy groups -OCH3 is 2. The molecule has 4 rings (SSSR count). The van der Waals surface area contributed by atoms with Gasteiger partial charge in [0.15, 0.2) is 10.4 Å². The summed E-state index contributed by atoms with van der Waals surface area (Å²) in [5.74, 6) is 1.18. The van der Waals surface area contributed by atoms with E-state index in [0.717, 1.165) is 24.0 Å². The van der Waals surface area contributed by atoms with Crippen LogP contribution in [0.2, 0.25) is 0 Å². The Bertz CT molecular complexity index is 1380. The Morgan fingerprint density at radius 3 is 2.74 bits per heavy atom. The number of carbonyl (C=O) groups excluding carboxylic acids is 1. The second-order valence-corrected chi connectivity index (χ2v) is 9.27. The molecule has 2 amide bonds. The molecule has 14 heteroatoms. The van der Waals surface area contributed by atoms with Gasteiger partial charge in [0.1, 0.15) is 22.5 Å². The molecule has 202 valence electrons. The van der Waals surface area contributed by atoms with Gasteiger partial charge in [0, 0.05) is 25.8 Å². The van der Waals surface area contributed by atoms with Gasteiger partial charge in [-0.1, -0.05) is 19.4 Å². The number of aromatic nitrogens is 5. The molecule has 0 saturated carbocycles. The van der Waals surface area contributed by atoms with Crippen LogP contribution in [-0.4, -0.2) is 80.8 Å². The zero-order valence-electron chi connectivity index (χ0n) is 21.3. The van der Waals surface area contributed by atoms with Crippen molar-refractivity contribution in [1.82, 2.24) is 29.6 Å². The zero-order chi connectivity index (χ0) is 27.2. The Balaban J connectivity index is 1.67. The maximum absolute atomic E-state index is 11.8. The molecular formula is C24H29BrN8O5. The molecule has 0 fully saturated rings. The van der Waals surface area contributed by atoms with Crippen LogP contribution in [0.5, 0.6) is 5.75 Å². The molecule has 0 radical (unpaired) electrons. The Hall–Kier alpha value is -3.94. The smallest absolute Gasteiger partial charge is 0.413 e. The molecule has 1 aliphatic rings. The summed E-state index contributed by atoms with van der Waals surface area (Å²) in [5.41, 5.74) is 3.70. The van der Waals surface area contributed by atoms with Gasteiger partial charge in [-0.05, 0) is 46.0 Å². The molecule has 0 unspecified atom stereocenters. The number of rotatable bonds is 9. The van der Waals surface area contributed by atoms with Crippen molar-refractivity contribution in [3.8, 4) is 5.75 Å². The van der Waals surface area contributed by atoms with Crippen LogP contribution in [-0.2, 0) is 11.3 Å². The van der Waals surface area contributed by atoms with Crippen LogP contribution in [0, 0.1) is 0 Å². The second kappa shape index (κ2) is 12.1. The first-order valence-corrected chi connectivity index (χ1v) is 12.9. The number of unbranched alkanes of at least 4 members (excludes halogenated alkanes) is 1. The molecule has 0 bridgehead atoms. The number of carbonyl (C=O) groups is 2.